The second-order valence-electron chi connectivity index (χ2n) is 7.25. The molecule has 0 radical (unpaired) electrons. The first-order valence-corrected chi connectivity index (χ1v) is 7.70. The summed E-state index contributed by atoms with van der Waals surface area (Å²) in [7, 11) is 2.04. The van der Waals surface area contributed by atoms with Crippen LogP contribution in [0.4, 0.5) is 0 Å². The van der Waals surface area contributed by atoms with Crippen molar-refractivity contribution in [2.24, 2.45) is 29.4 Å². The van der Waals surface area contributed by atoms with Gasteiger partial charge >= 0.3 is 5.97 Å². The van der Waals surface area contributed by atoms with E-state index in [1.165, 1.54) is 25.7 Å². The van der Waals surface area contributed by atoms with Gasteiger partial charge in [0.1, 0.15) is 5.54 Å². The Bertz CT molecular complexity index is 369. The summed E-state index contributed by atoms with van der Waals surface area (Å²) in [6.45, 7) is 1.53. The van der Waals surface area contributed by atoms with Crippen LogP contribution in [0, 0.1) is 23.7 Å². The summed E-state index contributed by atoms with van der Waals surface area (Å²) < 4.78 is 0. The number of rotatable bonds is 6. The van der Waals surface area contributed by atoms with Gasteiger partial charge in [0.2, 0.25) is 0 Å². The first kappa shape index (κ1) is 13.4. The van der Waals surface area contributed by atoms with Crippen LogP contribution in [0.1, 0.15) is 38.5 Å². The van der Waals surface area contributed by atoms with Gasteiger partial charge in [0.15, 0.2) is 0 Å². The normalized spacial score (nSPS) is 36.7. The van der Waals surface area contributed by atoms with E-state index in [2.05, 4.69) is 4.90 Å². The zero-order valence-electron chi connectivity index (χ0n) is 11.8. The third kappa shape index (κ3) is 2.52. The molecule has 0 aromatic carbocycles. The lowest BCUT2D eigenvalue weighted by atomic mass is 9.87. The maximum Gasteiger partial charge on any atom is 0.325 e. The molecule has 19 heavy (non-hydrogen) atoms. The third-order valence-electron chi connectivity index (χ3n) is 5.67. The Balaban J connectivity index is 1.55. The number of carboxylic acids is 1. The van der Waals surface area contributed by atoms with Crippen LogP contribution in [0.3, 0.4) is 0 Å². The third-order valence-corrected chi connectivity index (χ3v) is 5.67. The fourth-order valence-electron chi connectivity index (χ4n) is 4.48. The van der Waals surface area contributed by atoms with Crippen LogP contribution < -0.4 is 5.73 Å². The van der Waals surface area contributed by atoms with Gasteiger partial charge < -0.3 is 15.7 Å². The predicted molar refractivity (Wildman–Crippen MR) is 73.7 cm³/mol. The molecule has 4 unspecified atom stereocenters. The summed E-state index contributed by atoms with van der Waals surface area (Å²) in [4.78, 5) is 13.6. The molecule has 3 aliphatic rings. The van der Waals surface area contributed by atoms with Gasteiger partial charge in [-0.1, -0.05) is 6.42 Å². The molecule has 2 bridgehead atoms. The Morgan fingerprint density at radius 3 is 2.53 bits per heavy atom. The van der Waals surface area contributed by atoms with E-state index in [4.69, 9.17) is 5.73 Å². The molecule has 0 amide bonds. The molecule has 4 nitrogen and oxygen atoms in total. The summed E-state index contributed by atoms with van der Waals surface area (Å²) in [5.41, 5.74) is 5.13. The molecule has 108 valence electrons. The van der Waals surface area contributed by atoms with Crippen molar-refractivity contribution in [3.05, 3.63) is 0 Å². The van der Waals surface area contributed by atoms with E-state index in [-0.39, 0.29) is 5.92 Å². The lowest BCUT2D eigenvalue weighted by molar-refractivity contribution is -0.145. The van der Waals surface area contributed by atoms with Crippen molar-refractivity contribution in [1.82, 2.24) is 4.90 Å². The van der Waals surface area contributed by atoms with Gasteiger partial charge in [0.05, 0.1) is 0 Å². The molecule has 3 N–H and O–H groups in total. The SMILES string of the molecule is CN(CC1CC2CCC1C2)CC(N)(C(=O)O)C1CC1. The van der Waals surface area contributed by atoms with Crippen LogP contribution in [0.5, 0.6) is 0 Å². The van der Waals surface area contributed by atoms with Crippen molar-refractivity contribution in [1.29, 1.82) is 0 Å². The summed E-state index contributed by atoms with van der Waals surface area (Å²) >= 11 is 0. The number of aliphatic carboxylic acids is 1. The molecule has 4 heteroatoms. The van der Waals surface area contributed by atoms with E-state index in [0.29, 0.717) is 6.54 Å². The number of nitrogens with zero attached hydrogens (tertiary/aromatic N) is 1. The maximum absolute atomic E-state index is 11.5. The number of hydrogen-bond acceptors (Lipinski definition) is 3. The van der Waals surface area contributed by atoms with Crippen molar-refractivity contribution in [2.45, 2.75) is 44.1 Å². The van der Waals surface area contributed by atoms with Crippen molar-refractivity contribution in [2.75, 3.05) is 20.1 Å². The van der Waals surface area contributed by atoms with Gasteiger partial charge in [-0.3, -0.25) is 4.79 Å². The van der Waals surface area contributed by atoms with Crippen molar-refractivity contribution in [3.63, 3.8) is 0 Å². The van der Waals surface area contributed by atoms with E-state index in [1.54, 1.807) is 0 Å². The number of likely N-dealkylation sites (N-methyl/N-ethyl adjacent to an activating group) is 1. The minimum absolute atomic E-state index is 0.187. The molecule has 3 rings (SSSR count). The fourth-order valence-corrected chi connectivity index (χ4v) is 4.48. The Morgan fingerprint density at radius 2 is 2.05 bits per heavy atom. The van der Waals surface area contributed by atoms with Crippen LogP contribution >= 0.6 is 0 Å². The molecular weight excluding hydrogens is 240 g/mol. The summed E-state index contributed by atoms with van der Waals surface area (Å²) in [5, 5.41) is 9.41. The molecule has 3 saturated carbocycles. The van der Waals surface area contributed by atoms with Crippen LogP contribution in [0.25, 0.3) is 0 Å². The largest absolute Gasteiger partial charge is 0.480 e. The van der Waals surface area contributed by atoms with Gasteiger partial charge in [-0.25, -0.2) is 0 Å². The highest BCUT2D eigenvalue weighted by atomic mass is 16.4. The molecule has 0 heterocycles. The van der Waals surface area contributed by atoms with Gasteiger partial charge in [-0.15, -0.1) is 0 Å². The molecule has 0 saturated heterocycles. The van der Waals surface area contributed by atoms with Crippen LogP contribution in [0.2, 0.25) is 0 Å². The molecule has 0 aromatic rings. The molecule has 3 aliphatic carbocycles. The zero-order valence-corrected chi connectivity index (χ0v) is 11.8. The number of fused-ring (bicyclic) bond motifs is 2. The van der Waals surface area contributed by atoms with Gasteiger partial charge in [0.25, 0.3) is 0 Å². The lowest BCUT2D eigenvalue weighted by Gasteiger charge is -2.33. The number of hydrogen-bond donors (Lipinski definition) is 2. The highest BCUT2D eigenvalue weighted by Crippen LogP contribution is 2.48. The van der Waals surface area contributed by atoms with E-state index in [9.17, 15) is 9.90 Å². The number of carbonyl (C=O) groups is 1. The minimum Gasteiger partial charge on any atom is -0.480 e. The molecule has 3 fully saturated rings. The first-order chi connectivity index (χ1) is 8.99. The van der Waals surface area contributed by atoms with Gasteiger partial charge in [-0.05, 0) is 62.8 Å². The van der Waals surface area contributed by atoms with Crippen molar-refractivity contribution < 1.29 is 9.90 Å². The average molecular weight is 266 g/mol. The molecule has 0 spiro atoms. The van der Waals surface area contributed by atoms with Gasteiger partial charge in [-0.2, -0.15) is 0 Å². The van der Waals surface area contributed by atoms with Crippen LogP contribution in [-0.2, 0) is 4.79 Å². The Hall–Kier alpha value is -0.610. The second-order valence-corrected chi connectivity index (χ2v) is 7.25. The predicted octanol–water partition coefficient (Wildman–Crippen LogP) is 1.55. The molecular formula is C15H26N2O2. The van der Waals surface area contributed by atoms with E-state index >= 15 is 0 Å². The highest BCUT2D eigenvalue weighted by molar-refractivity contribution is 5.79. The molecule has 4 atom stereocenters. The lowest BCUT2D eigenvalue weighted by Crippen LogP contribution is -2.57. The maximum atomic E-state index is 11.5. The quantitative estimate of drug-likeness (QED) is 0.765. The monoisotopic (exact) mass is 266 g/mol. The van der Waals surface area contributed by atoms with Crippen LogP contribution in [-0.4, -0.2) is 41.7 Å². The summed E-state index contributed by atoms with van der Waals surface area (Å²) in [6.07, 6.45) is 7.52. The Kier molecular flexibility index (Phi) is 3.34. The topological polar surface area (TPSA) is 66.6 Å². The Morgan fingerprint density at radius 1 is 1.32 bits per heavy atom. The first-order valence-electron chi connectivity index (χ1n) is 7.70. The second kappa shape index (κ2) is 4.74. The molecule has 0 aliphatic heterocycles. The van der Waals surface area contributed by atoms with E-state index in [0.717, 1.165) is 37.1 Å². The minimum atomic E-state index is -1.02. The van der Waals surface area contributed by atoms with Crippen molar-refractivity contribution >= 4 is 5.97 Å². The number of carboxylic acid groups (broad SMARTS) is 1. The smallest absolute Gasteiger partial charge is 0.325 e. The van der Waals surface area contributed by atoms with E-state index < -0.39 is 11.5 Å². The van der Waals surface area contributed by atoms with E-state index in [1.807, 2.05) is 7.05 Å². The zero-order chi connectivity index (χ0) is 13.6. The fraction of sp³-hybridized carbons (Fsp3) is 0.933. The number of nitrogens with two attached hydrogens (primary N) is 1. The average Bonchev–Trinajstić information content (AvgIpc) is 3.01. The summed E-state index contributed by atoms with van der Waals surface area (Å²) in [5.74, 6) is 1.99. The highest BCUT2D eigenvalue weighted by Gasteiger charge is 2.49. The molecule has 0 aromatic heterocycles. The Labute approximate surface area is 115 Å². The van der Waals surface area contributed by atoms with Gasteiger partial charge in [0, 0.05) is 13.1 Å². The van der Waals surface area contributed by atoms with Crippen molar-refractivity contribution in [3.8, 4) is 0 Å². The summed E-state index contributed by atoms with van der Waals surface area (Å²) in [6, 6.07) is 0. The standard InChI is InChI=1S/C15H26N2O2/c1-17(8-12-7-10-2-3-11(12)6-10)9-15(16,14(18)19)13-4-5-13/h10-13H,2-9,16H2,1H3,(H,18,19). The van der Waals surface area contributed by atoms with Crippen LogP contribution in [0.15, 0.2) is 0 Å².